The Balaban J connectivity index is 2.39. The van der Waals surface area contributed by atoms with E-state index in [0.717, 1.165) is 0 Å². The van der Waals surface area contributed by atoms with E-state index in [1.807, 2.05) is 0 Å². The third kappa shape index (κ3) is 3.16. The summed E-state index contributed by atoms with van der Waals surface area (Å²) in [5.41, 5.74) is 0.527. The van der Waals surface area contributed by atoms with Crippen LogP contribution in [0, 0.1) is 6.92 Å². The quantitative estimate of drug-likeness (QED) is 0.806. The molecule has 2 heterocycles. The van der Waals surface area contributed by atoms with Crippen molar-refractivity contribution in [1.82, 2.24) is 15.0 Å². The number of thiophene rings is 1. The lowest BCUT2D eigenvalue weighted by Gasteiger charge is -2.18. The van der Waals surface area contributed by atoms with Crippen molar-refractivity contribution in [2.45, 2.75) is 33.3 Å². The maximum atomic E-state index is 12.1. The minimum atomic E-state index is -0.618. The van der Waals surface area contributed by atoms with Crippen LogP contribution in [-0.4, -0.2) is 39.6 Å². The van der Waals surface area contributed by atoms with Gasteiger partial charge in [0.2, 0.25) is 0 Å². The fraction of sp³-hybridized carbons (Fsp3) is 0.429. The van der Waals surface area contributed by atoms with Crippen LogP contribution in [-0.2, 0) is 9.47 Å². The van der Waals surface area contributed by atoms with Crippen LogP contribution in [0.4, 0.5) is 0 Å². The van der Waals surface area contributed by atoms with Gasteiger partial charge in [0, 0.05) is 0 Å². The van der Waals surface area contributed by atoms with Gasteiger partial charge in [0.1, 0.15) is 10.5 Å². The van der Waals surface area contributed by atoms with E-state index >= 15 is 0 Å². The van der Waals surface area contributed by atoms with Gasteiger partial charge in [0.15, 0.2) is 5.69 Å². The third-order valence-electron chi connectivity index (χ3n) is 2.73. The molecule has 0 bridgehead atoms. The minimum absolute atomic E-state index is 0.122. The maximum absolute atomic E-state index is 12.1. The van der Waals surface area contributed by atoms with Gasteiger partial charge in [0.05, 0.1) is 18.5 Å². The number of nitrogens with zero attached hydrogens (tertiary/aromatic N) is 3. The van der Waals surface area contributed by atoms with Crippen molar-refractivity contribution in [1.29, 1.82) is 0 Å². The van der Waals surface area contributed by atoms with E-state index in [1.54, 1.807) is 39.1 Å². The monoisotopic (exact) mass is 323 g/mol. The van der Waals surface area contributed by atoms with Gasteiger partial charge in [-0.25, -0.2) is 14.3 Å². The largest absolute Gasteiger partial charge is 0.465 e. The summed E-state index contributed by atoms with van der Waals surface area (Å²) in [6, 6.07) is 1.72. The van der Waals surface area contributed by atoms with Crippen LogP contribution in [0.5, 0.6) is 0 Å². The number of carbonyl (C=O) groups is 2. The van der Waals surface area contributed by atoms with Gasteiger partial charge in [-0.1, -0.05) is 5.21 Å². The second-order valence-corrected chi connectivity index (χ2v) is 6.48. The van der Waals surface area contributed by atoms with Crippen LogP contribution in [0.25, 0.3) is 5.69 Å². The highest BCUT2D eigenvalue weighted by atomic mass is 32.1. The van der Waals surface area contributed by atoms with E-state index in [9.17, 15) is 9.59 Å². The van der Waals surface area contributed by atoms with Crippen LogP contribution in [0.2, 0.25) is 0 Å². The molecule has 0 saturated carbocycles. The van der Waals surface area contributed by atoms with E-state index in [4.69, 9.17) is 9.47 Å². The molecule has 2 aromatic heterocycles. The van der Waals surface area contributed by atoms with Crippen LogP contribution < -0.4 is 0 Å². The van der Waals surface area contributed by atoms with Crippen molar-refractivity contribution < 1.29 is 19.1 Å². The zero-order valence-corrected chi connectivity index (χ0v) is 13.9. The number of hydrogen-bond donors (Lipinski definition) is 0. The number of hydrogen-bond acceptors (Lipinski definition) is 7. The molecule has 0 aliphatic rings. The summed E-state index contributed by atoms with van der Waals surface area (Å²) < 4.78 is 11.5. The molecule has 118 valence electrons. The standard InChI is InChI=1S/C14H17N3O4S/c1-8-10(12(18)21-14(2,3)4)15-16-17(8)9-6-7-22-11(9)13(19)20-5/h6-7H,1-5H3. The first-order valence-corrected chi connectivity index (χ1v) is 7.44. The van der Waals surface area contributed by atoms with Gasteiger partial charge in [-0.15, -0.1) is 16.4 Å². The maximum Gasteiger partial charge on any atom is 0.361 e. The van der Waals surface area contributed by atoms with Gasteiger partial charge >= 0.3 is 11.9 Å². The Morgan fingerprint density at radius 3 is 2.55 bits per heavy atom. The van der Waals surface area contributed by atoms with E-state index in [2.05, 4.69) is 10.3 Å². The molecule has 2 aromatic rings. The second-order valence-electron chi connectivity index (χ2n) is 5.56. The van der Waals surface area contributed by atoms with Crippen molar-refractivity contribution in [3.63, 3.8) is 0 Å². The predicted molar refractivity (Wildman–Crippen MR) is 80.5 cm³/mol. The van der Waals surface area contributed by atoms with Gasteiger partial charge < -0.3 is 9.47 Å². The fourth-order valence-electron chi connectivity index (χ4n) is 1.79. The lowest BCUT2D eigenvalue weighted by molar-refractivity contribution is 0.00617. The number of ether oxygens (including phenoxy) is 2. The van der Waals surface area contributed by atoms with E-state index in [0.29, 0.717) is 16.3 Å². The highest BCUT2D eigenvalue weighted by molar-refractivity contribution is 7.12. The summed E-state index contributed by atoms with van der Waals surface area (Å²) >= 11 is 1.23. The zero-order valence-electron chi connectivity index (χ0n) is 13.0. The summed E-state index contributed by atoms with van der Waals surface area (Å²) in [6.45, 7) is 7.02. The van der Waals surface area contributed by atoms with Crippen LogP contribution in [0.15, 0.2) is 11.4 Å². The van der Waals surface area contributed by atoms with Crippen LogP contribution in [0.1, 0.15) is 46.6 Å². The summed E-state index contributed by atoms with van der Waals surface area (Å²) in [5, 5.41) is 9.57. The topological polar surface area (TPSA) is 83.3 Å². The molecule has 0 fully saturated rings. The lowest BCUT2D eigenvalue weighted by Crippen LogP contribution is -2.24. The van der Waals surface area contributed by atoms with Gasteiger partial charge in [0.25, 0.3) is 0 Å². The molecule has 0 aromatic carbocycles. The van der Waals surface area contributed by atoms with Crippen molar-refractivity contribution in [3.8, 4) is 5.69 Å². The van der Waals surface area contributed by atoms with Crippen molar-refractivity contribution in [2.75, 3.05) is 7.11 Å². The Bertz CT molecular complexity index is 712. The molecule has 2 rings (SSSR count). The molecular formula is C14H17N3O4S. The van der Waals surface area contributed by atoms with Gasteiger partial charge in [-0.05, 0) is 39.1 Å². The number of esters is 2. The molecule has 7 nitrogen and oxygen atoms in total. The molecule has 0 atom stereocenters. The average molecular weight is 323 g/mol. The lowest BCUT2D eigenvalue weighted by atomic mass is 10.2. The number of aromatic nitrogens is 3. The summed E-state index contributed by atoms with van der Waals surface area (Å²) in [7, 11) is 1.31. The Hall–Kier alpha value is -2.22. The van der Waals surface area contributed by atoms with E-state index < -0.39 is 17.5 Å². The third-order valence-corrected chi connectivity index (χ3v) is 3.61. The molecule has 0 unspecified atom stereocenters. The highest BCUT2D eigenvalue weighted by Gasteiger charge is 2.25. The number of rotatable bonds is 3. The molecular weight excluding hydrogens is 306 g/mol. The first-order chi connectivity index (χ1) is 10.2. The summed E-state index contributed by atoms with van der Waals surface area (Å²) in [5.74, 6) is -1.01. The molecule has 0 radical (unpaired) electrons. The van der Waals surface area contributed by atoms with Crippen molar-refractivity contribution in [3.05, 3.63) is 27.7 Å². The normalized spacial score (nSPS) is 11.3. The van der Waals surface area contributed by atoms with Gasteiger partial charge in [-0.3, -0.25) is 0 Å². The predicted octanol–water partition coefficient (Wildman–Crippen LogP) is 2.38. The first-order valence-electron chi connectivity index (χ1n) is 6.56. The molecule has 22 heavy (non-hydrogen) atoms. The van der Waals surface area contributed by atoms with E-state index in [-0.39, 0.29) is 5.69 Å². The molecule has 8 heteroatoms. The number of carbonyl (C=O) groups excluding carboxylic acids is 2. The first kappa shape index (κ1) is 16.2. The van der Waals surface area contributed by atoms with Crippen LogP contribution in [0.3, 0.4) is 0 Å². The highest BCUT2D eigenvalue weighted by Crippen LogP contribution is 2.24. The Kier molecular flexibility index (Phi) is 4.32. The Morgan fingerprint density at radius 1 is 1.27 bits per heavy atom. The SMILES string of the molecule is COC(=O)c1sccc1-n1nnc(C(=O)OC(C)(C)C)c1C. The van der Waals surface area contributed by atoms with Gasteiger partial charge in [-0.2, -0.15) is 0 Å². The Morgan fingerprint density at radius 2 is 1.95 bits per heavy atom. The minimum Gasteiger partial charge on any atom is -0.465 e. The van der Waals surface area contributed by atoms with Crippen molar-refractivity contribution in [2.24, 2.45) is 0 Å². The van der Waals surface area contributed by atoms with Crippen LogP contribution >= 0.6 is 11.3 Å². The Labute approximate surface area is 131 Å². The molecule has 0 N–H and O–H groups in total. The molecule has 0 amide bonds. The summed E-state index contributed by atoms with van der Waals surface area (Å²) in [6.07, 6.45) is 0. The number of methoxy groups -OCH3 is 1. The molecule has 0 aliphatic heterocycles. The molecule has 0 aliphatic carbocycles. The zero-order chi connectivity index (χ0) is 16.5. The molecule has 0 saturated heterocycles. The van der Waals surface area contributed by atoms with Crippen molar-refractivity contribution >= 4 is 23.3 Å². The molecule has 0 spiro atoms. The van der Waals surface area contributed by atoms with E-state index in [1.165, 1.54) is 23.1 Å². The smallest absolute Gasteiger partial charge is 0.361 e. The fourth-order valence-corrected chi connectivity index (χ4v) is 2.58. The average Bonchev–Trinajstić information content (AvgIpc) is 3.01. The second kappa shape index (κ2) is 5.88. The summed E-state index contributed by atoms with van der Waals surface area (Å²) in [4.78, 5) is 24.2.